The van der Waals surface area contributed by atoms with E-state index in [1.54, 1.807) is 0 Å². The maximum absolute atomic E-state index is 9.81. The molecule has 0 saturated carbocycles. The van der Waals surface area contributed by atoms with Crippen LogP contribution in [-0.2, 0) is 4.74 Å². The van der Waals surface area contributed by atoms with Gasteiger partial charge in [-0.3, -0.25) is 4.99 Å². The first-order chi connectivity index (χ1) is 11.2. The summed E-state index contributed by atoms with van der Waals surface area (Å²) in [4.78, 5) is 7.08. The second kappa shape index (κ2) is 11.7. The van der Waals surface area contributed by atoms with Crippen LogP contribution < -0.4 is 5.32 Å². The average Bonchev–Trinajstić information content (AvgIpc) is 2.58. The molecule has 0 amide bonds. The second-order valence-corrected chi connectivity index (χ2v) is 5.99. The van der Waals surface area contributed by atoms with Crippen LogP contribution in [0, 0.1) is 0 Å². The predicted octanol–water partition coefficient (Wildman–Crippen LogP) is 2.46. The van der Waals surface area contributed by atoms with E-state index in [9.17, 15) is 5.11 Å². The Morgan fingerprint density at radius 3 is 2.54 bits per heavy atom. The lowest BCUT2D eigenvalue weighted by atomic mass is 9.93. The zero-order valence-corrected chi connectivity index (χ0v) is 17.0. The summed E-state index contributed by atoms with van der Waals surface area (Å²) in [6.45, 7) is 8.70. The normalized spacial score (nSPS) is 17.8. The zero-order chi connectivity index (χ0) is 16.5. The molecule has 1 fully saturated rings. The molecule has 0 spiro atoms. The van der Waals surface area contributed by atoms with Crippen LogP contribution in [0.5, 0.6) is 0 Å². The maximum Gasteiger partial charge on any atom is 0.194 e. The molecule has 1 aromatic carbocycles. The van der Waals surface area contributed by atoms with Crippen LogP contribution in [0.25, 0.3) is 0 Å². The highest BCUT2D eigenvalue weighted by atomic mass is 127. The van der Waals surface area contributed by atoms with Gasteiger partial charge in [-0.1, -0.05) is 30.3 Å². The molecule has 0 aliphatic carbocycles. The topological polar surface area (TPSA) is 57.1 Å². The molecule has 6 heteroatoms. The van der Waals surface area contributed by atoms with Gasteiger partial charge in [0.2, 0.25) is 0 Å². The van der Waals surface area contributed by atoms with Crippen LogP contribution >= 0.6 is 24.0 Å². The van der Waals surface area contributed by atoms with Crippen molar-refractivity contribution in [2.75, 3.05) is 39.4 Å². The Balaban J connectivity index is 0.00000288. The number of guanidine groups is 1. The number of benzene rings is 1. The Bertz CT molecular complexity index is 476. The quantitative estimate of drug-likeness (QED) is 0.400. The number of morpholine rings is 1. The van der Waals surface area contributed by atoms with Gasteiger partial charge in [0, 0.05) is 32.1 Å². The Hall–Kier alpha value is -0.860. The number of hydrogen-bond donors (Lipinski definition) is 2. The van der Waals surface area contributed by atoms with Crippen molar-refractivity contribution in [2.45, 2.75) is 32.3 Å². The molecule has 2 N–H and O–H groups in total. The molecule has 1 aromatic rings. The zero-order valence-electron chi connectivity index (χ0n) is 14.6. The minimum Gasteiger partial charge on any atom is -0.393 e. The number of aliphatic hydroxyl groups excluding tert-OH is 1. The third-order valence-electron chi connectivity index (χ3n) is 4.00. The highest BCUT2D eigenvalue weighted by Crippen LogP contribution is 2.21. The molecule has 1 saturated heterocycles. The average molecular weight is 447 g/mol. The van der Waals surface area contributed by atoms with Gasteiger partial charge in [0.05, 0.1) is 19.3 Å². The molecular weight excluding hydrogens is 417 g/mol. The molecular formula is C18H30IN3O2. The smallest absolute Gasteiger partial charge is 0.194 e. The summed E-state index contributed by atoms with van der Waals surface area (Å²) >= 11 is 0. The molecule has 2 unspecified atom stereocenters. The molecule has 5 nitrogen and oxygen atoms in total. The van der Waals surface area contributed by atoms with Gasteiger partial charge in [-0.25, -0.2) is 0 Å². The van der Waals surface area contributed by atoms with Crippen LogP contribution in [0.1, 0.15) is 31.7 Å². The van der Waals surface area contributed by atoms with Crippen LogP contribution in [0.3, 0.4) is 0 Å². The van der Waals surface area contributed by atoms with Gasteiger partial charge in [-0.15, -0.1) is 24.0 Å². The molecule has 2 atom stereocenters. The van der Waals surface area contributed by atoms with Crippen molar-refractivity contribution in [2.24, 2.45) is 4.99 Å². The summed E-state index contributed by atoms with van der Waals surface area (Å²) in [6.07, 6.45) is 0.386. The summed E-state index contributed by atoms with van der Waals surface area (Å²) in [6, 6.07) is 10.3. The molecule has 0 aromatic heterocycles. The van der Waals surface area contributed by atoms with Crippen molar-refractivity contribution >= 4 is 29.9 Å². The van der Waals surface area contributed by atoms with Crippen molar-refractivity contribution in [3.8, 4) is 0 Å². The lowest BCUT2D eigenvalue weighted by molar-refractivity contribution is 0.0664. The molecule has 0 radical (unpaired) electrons. The van der Waals surface area contributed by atoms with E-state index in [1.807, 2.05) is 25.1 Å². The lowest BCUT2D eigenvalue weighted by Crippen LogP contribution is -2.47. The number of aliphatic imine (C=N–C) groups is 1. The van der Waals surface area contributed by atoms with Gasteiger partial charge in [-0.05, 0) is 25.8 Å². The number of halogens is 1. The van der Waals surface area contributed by atoms with Crippen LogP contribution in [0.4, 0.5) is 0 Å². The van der Waals surface area contributed by atoms with Gasteiger partial charge < -0.3 is 20.1 Å². The number of aliphatic hydroxyl groups is 1. The van der Waals surface area contributed by atoms with E-state index in [0.717, 1.165) is 45.2 Å². The van der Waals surface area contributed by atoms with Gasteiger partial charge in [0.1, 0.15) is 0 Å². The fraction of sp³-hybridized carbons (Fsp3) is 0.611. The van der Waals surface area contributed by atoms with Crippen molar-refractivity contribution in [3.05, 3.63) is 35.9 Å². The van der Waals surface area contributed by atoms with Crippen LogP contribution in [0.2, 0.25) is 0 Å². The Labute approximate surface area is 162 Å². The Morgan fingerprint density at radius 2 is 1.96 bits per heavy atom. The van der Waals surface area contributed by atoms with Crippen molar-refractivity contribution in [1.29, 1.82) is 0 Å². The first kappa shape index (κ1) is 21.2. The summed E-state index contributed by atoms with van der Waals surface area (Å²) < 4.78 is 5.42. The third kappa shape index (κ3) is 6.94. The van der Waals surface area contributed by atoms with E-state index < -0.39 is 0 Å². The first-order valence-corrected chi connectivity index (χ1v) is 8.54. The number of hydrogen-bond acceptors (Lipinski definition) is 3. The van der Waals surface area contributed by atoms with Crippen molar-refractivity contribution < 1.29 is 9.84 Å². The molecule has 2 rings (SSSR count). The van der Waals surface area contributed by atoms with Crippen LogP contribution in [-0.4, -0.2) is 61.5 Å². The van der Waals surface area contributed by atoms with Crippen molar-refractivity contribution in [1.82, 2.24) is 10.2 Å². The molecule has 1 aliphatic rings. The maximum atomic E-state index is 9.81. The predicted molar refractivity (Wildman–Crippen MR) is 109 cm³/mol. The summed E-state index contributed by atoms with van der Waals surface area (Å²) in [5.41, 5.74) is 1.23. The second-order valence-electron chi connectivity index (χ2n) is 5.99. The fourth-order valence-corrected chi connectivity index (χ4v) is 2.85. The summed E-state index contributed by atoms with van der Waals surface area (Å²) in [5.74, 6) is 1.17. The summed E-state index contributed by atoms with van der Waals surface area (Å²) in [7, 11) is 0. The van der Waals surface area contributed by atoms with E-state index in [-0.39, 0.29) is 36.0 Å². The minimum absolute atomic E-state index is 0. The van der Waals surface area contributed by atoms with Gasteiger partial charge in [0.15, 0.2) is 5.96 Å². The fourth-order valence-electron chi connectivity index (χ4n) is 2.85. The SMILES string of the molecule is CCNC(=NCC(CC(C)O)c1ccccc1)N1CCOCC1.I. The molecule has 1 heterocycles. The van der Waals surface area contributed by atoms with Crippen molar-refractivity contribution in [3.63, 3.8) is 0 Å². The third-order valence-corrected chi connectivity index (χ3v) is 4.00. The van der Waals surface area contributed by atoms with Gasteiger partial charge in [-0.2, -0.15) is 0 Å². The minimum atomic E-state index is -0.332. The molecule has 0 bridgehead atoms. The van der Waals surface area contributed by atoms with E-state index in [4.69, 9.17) is 9.73 Å². The Morgan fingerprint density at radius 1 is 1.29 bits per heavy atom. The van der Waals surface area contributed by atoms with E-state index in [1.165, 1.54) is 5.56 Å². The van der Waals surface area contributed by atoms with Crippen LogP contribution in [0.15, 0.2) is 35.3 Å². The van der Waals surface area contributed by atoms with Gasteiger partial charge in [0.25, 0.3) is 0 Å². The Kier molecular flexibility index (Phi) is 10.3. The standard InChI is InChI=1S/C18H29N3O2.HI/c1-3-19-18(21-9-11-23-12-10-21)20-14-17(13-15(2)22)16-7-5-4-6-8-16;/h4-8,15,17,22H,3,9-14H2,1-2H3,(H,19,20);1H. The number of nitrogens with one attached hydrogen (secondary N) is 1. The number of nitrogens with zero attached hydrogens (tertiary/aromatic N) is 2. The first-order valence-electron chi connectivity index (χ1n) is 8.54. The van der Waals surface area contributed by atoms with Gasteiger partial charge >= 0.3 is 0 Å². The van der Waals surface area contributed by atoms with E-state index in [0.29, 0.717) is 6.54 Å². The highest BCUT2D eigenvalue weighted by molar-refractivity contribution is 14.0. The largest absolute Gasteiger partial charge is 0.393 e. The molecule has 24 heavy (non-hydrogen) atoms. The molecule has 1 aliphatic heterocycles. The highest BCUT2D eigenvalue weighted by Gasteiger charge is 2.17. The molecule has 136 valence electrons. The summed E-state index contributed by atoms with van der Waals surface area (Å²) in [5, 5.41) is 13.2. The number of ether oxygens (including phenoxy) is 1. The lowest BCUT2D eigenvalue weighted by Gasteiger charge is -2.30. The van der Waals surface area contributed by atoms with E-state index in [2.05, 4.69) is 29.3 Å². The number of rotatable bonds is 6. The van der Waals surface area contributed by atoms with E-state index >= 15 is 0 Å². The monoisotopic (exact) mass is 447 g/mol.